The van der Waals surface area contributed by atoms with Crippen molar-refractivity contribution in [2.24, 2.45) is 0 Å². The molecule has 0 saturated heterocycles. The van der Waals surface area contributed by atoms with E-state index in [9.17, 15) is 4.39 Å². The Morgan fingerprint density at radius 3 is 3.18 bits per heavy atom. The Balaban J connectivity index is 2.93. The van der Waals surface area contributed by atoms with E-state index in [0.29, 0.717) is 5.56 Å². The summed E-state index contributed by atoms with van der Waals surface area (Å²) in [6.07, 6.45) is 2.68. The van der Waals surface area contributed by atoms with Gasteiger partial charge in [0, 0.05) is 5.39 Å². The number of aryl methyl sites for hydroxylation is 1. The fraction of sp³-hybridized carbons (Fsp3) is 0.125. The summed E-state index contributed by atoms with van der Waals surface area (Å²) in [6, 6.07) is 3.07. The summed E-state index contributed by atoms with van der Waals surface area (Å²) < 4.78 is 12.9. The van der Waals surface area contributed by atoms with E-state index in [1.165, 1.54) is 6.07 Å². The van der Waals surface area contributed by atoms with E-state index in [1.807, 2.05) is 0 Å². The topological polar surface area (TPSA) is 28.7 Å². The molecule has 1 N–H and O–H groups in total. The van der Waals surface area contributed by atoms with Gasteiger partial charge in [-0.25, -0.2) is 4.39 Å². The number of nitrogens with zero attached hydrogens (tertiary/aromatic N) is 1. The van der Waals surface area contributed by atoms with Crippen molar-refractivity contribution in [1.82, 2.24) is 10.2 Å². The fourth-order valence-electron chi connectivity index (χ4n) is 1.07. The van der Waals surface area contributed by atoms with Crippen LogP contribution in [0.25, 0.3) is 10.9 Å². The number of benzene rings is 1. The highest BCUT2D eigenvalue weighted by Crippen LogP contribution is 2.17. The molecule has 0 aliphatic carbocycles. The average molecular weight is 149 g/mol. The molecule has 2 nitrogen and oxygen atoms in total. The number of fused-ring (bicyclic) bond motifs is 1. The van der Waals surface area contributed by atoms with E-state index < -0.39 is 0 Å². The van der Waals surface area contributed by atoms with Crippen LogP contribution >= 0.6 is 0 Å². The molecule has 11 heavy (non-hydrogen) atoms. The second-order valence-electron chi connectivity index (χ2n) is 2.43. The lowest BCUT2D eigenvalue weighted by molar-refractivity contribution is 0.621. The lowest BCUT2D eigenvalue weighted by atomic mass is 10.1. The fourth-order valence-corrected chi connectivity index (χ4v) is 1.07. The first-order valence-electron chi connectivity index (χ1n) is 3.30. The van der Waals surface area contributed by atoms with Crippen molar-refractivity contribution in [2.75, 3.05) is 0 Å². The summed E-state index contributed by atoms with van der Waals surface area (Å²) in [5.41, 5.74) is 1.42. The zero-order valence-corrected chi connectivity index (χ0v) is 5.98. The van der Waals surface area contributed by atoms with E-state index in [2.05, 4.69) is 16.4 Å². The minimum Gasteiger partial charge on any atom is -0.277 e. The highest BCUT2D eigenvalue weighted by molar-refractivity contribution is 5.80. The lowest BCUT2D eigenvalue weighted by Crippen LogP contribution is -1.81. The summed E-state index contributed by atoms with van der Waals surface area (Å²) >= 11 is 0. The number of hydrogen-bond donors (Lipinski definition) is 1. The number of rotatable bonds is 0. The summed E-state index contributed by atoms with van der Waals surface area (Å²) in [6.45, 7) is 1.71. The van der Waals surface area contributed by atoms with Crippen LogP contribution < -0.4 is 0 Å². The number of nitrogens with one attached hydrogen (secondary N) is 1. The normalized spacial score (nSPS) is 10.7. The van der Waals surface area contributed by atoms with Crippen molar-refractivity contribution >= 4 is 10.9 Å². The third-order valence-corrected chi connectivity index (χ3v) is 1.74. The molecule has 55 valence electrons. The van der Waals surface area contributed by atoms with E-state index in [1.54, 1.807) is 13.0 Å². The quantitative estimate of drug-likeness (QED) is 0.608. The minimum absolute atomic E-state index is 0.213. The second-order valence-corrected chi connectivity index (χ2v) is 2.43. The van der Waals surface area contributed by atoms with Gasteiger partial charge in [0.05, 0.1) is 5.52 Å². The van der Waals surface area contributed by atoms with Crippen LogP contribution in [0, 0.1) is 18.9 Å². The van der Waals surface area contributed by atoms with Gasteiger partial charge in [0.15, 0.2) is 0 Å². The number of aromatic nitrogens is 2. The summed E-state index contributed by atoms with van der Waals surface area (Å²) in [5.74, 6) is -0.213. The van der Waals surface area contributed by atoms with Crippen molar-refractivity contribution in [3.8, 4) is 0 Å². The molecule has 0 fully saturated rings. The minimum atomic E-state index is -0.213. The number of H-pyrrole nitrogens is 1. The molecular weight excluding hydrogens is 143 g/mol. The number of hydrogen-bond acceptors (Lipinski definition) is 1. The van der Waals surface area contributed by atoms with Crippen LogP contribution in [-0.2, 0) is 0 Å². The molecule has 1 radical (unpaired) electrons. The predicted molar refractivity (Wildman–Crippen MR) is 39.6 cm³/mol. The van der Waals surface area contributed by atoms with Crippen molar-refractivity contribution in [1.29, 1.82) is 0 Å². The van der Waals surface area contributed by atoms with E-state index in [0.717, 1.165) is 10.9 Å². The third-order valence-electron chi connectivity index (χ3n) is 1.74. The Kier molecular flexibility index (Phi) is 1.18. The molecule has 0 aliphatic rings. The van der Waals surface area contributed by atoms with Gasteiger partial charge in [-0.1, -0.05) is 0 Å². The van der Waals surface area contributed by atoms with Gasteiger partial charge >= 0.3 is 0 Å². The molecule has 0 bridgehead atoms. The summed E-state index contributed by atoms with van der Waals surface area (Å²) in [5, 5.41) is 7.13. The van der Waals surface area contributed by atoms with Crippen LogP contribution in [0.4, 0.5) is 4.39 Å². The highest BCUT2D eigenvalue weighted by Gasteiger charge is 2.03. The first-order chi connectivity index (χ1) is 5.29. The molecule has 1 heterocycles. The van der Waals surface area contributed by atoms with Crippen molar-refractivity contribution in [2.45, 2.75) is 6.92 Å². The van der Waals surface area contributed by atoms with Gasteiger partial charge in [0.25, 0.3) is 0 Å². The van der Waals surface area contributed by atoms with Crippen molar-refractivity contribution in [3.63, 3.8) is 0 Å². The first-order valence-corrected chi connectivity index (χ1v) is 3.30. The van der Waals surface area contributed by atoms with Gasteiger partial charge in [0.1, 0.15) is 12.0 Å². The second kappa shape index (κ2) is 2.05. The molecule has 3 heteroatoms. The SMILES string of the molecule is Cc1c(F)ccc2[nH]n[c]c12. The molecular formula is C8H6FN2. The maximum absolute atomic E-state index is 12.9. The zero-order valence-electron chi connectivity index (χ0n) is 5.98. The maximum Gasteiger partial charge on any atom is 0.126 e. The lowest BCUT2D eigenvalue weighted by Gasteiger charge is -1.94. The van der Waals surface area contributed by atoms with Gasteiger partial charge in [-0.05, 0) is 24.6 Å². The van der Waals surface area contributed by atoms with Crippen molar-refractivity contribution in [3.05, 3.63) is 29.7 Å². The van der Waals surface area contributed by atoms with Crippen LogP contribution in [0.15, 0.2) is 12.1 Å². The Labute approximate surface area is 63.0 Å². The Morgan fingerprint density at radius 2 is 2.36 bits per heavy atom. The molecule has 2 aromatic rings. The molecule has 0 saturated carbocycles. The number of aromatic amines is 1. The predicted octanol–water partition coefficient (Wildman–Crippen LogP) is 1.81. The molecule has 1 aromatic carbocycles. The van der Waals surface area contributed by atoms with Crippen LogP contribution in [0.2, 0.25) is 0 Å². The molecule has 0 amide bonds. The highest BCUT2D eigenvalue weighted by atomic mass is 19.1. The van der Waals surface area contributed by atoms with E-state index in [4.69, 9.17) is 0 Å². The molecule has 0 spiro atoms. The Bertz CT molecular complexity index is 392. The molecule has 0 unspecified atom stereocenters. The summed E-state index contributed by atoms with van der Waals surface area (Å²) in [4.78, 5) is 0. The summed E-state index contributed by atoms with van der Waals surface area (Å²) in [7, 11) is 0. The van der Waals surface area contributed by atoms with E-state index in [-0.39, 0.29) is 5.82 Å². The molecule has 0 atom stereocenters. The van der Waals surface area contributed by atoms with E-state index >= 15 is 0 Å². The van der Waals surface area contributed by atoms with Gasteiger partial charge in [0.2, 0.25) is 0 Å². The largest absolute Gasteiger partial charge is 0.277 e. The standard InChI is InChI=1S/C8H6FN2/c1-5-6-4-10-11-8(6)3-2-7(5)9/h2-3H,1H3,(H,10,11). The van der Waals surface area contributed by atoms with Gasteiger partial charge < -0.3 is 0 Å². The Morgan fingerprint density at radius 1 is 1.55 bits per heavy atom. The molecule has 2 rings (SSSR count). The molecule has 0 aliphatic heterocycles. The third kappa shape index (κ3) is 0.808. The van der Waals surface area contributed by atoms with Gasteiger partial charge in [-0.3, -0.25) is 5.10 Å². The van der Waals surface area contributed by atoms with Gasteiger partial charge in [-0.2, -0.15) is 5.10 Å². The molecule has 1 aromatic heterocycles. The zero-order chi connectivity index (χ0) is 7.84. The van der Waals surface area contributed by atoms with Crippen LogP contribution in [0.5, 0.6) is 0 Å². The van der Waals surface area contributed by atoms with Crippen LogP contribution in [-0.4, -0.2) is 10.2 Å². The number of halogens is 1. The maximum atomic E-state index is 12.9. The van der Waals surface area contributed by atoms with Crippen LogP contribution in [0.1, 0.15) is 5.56 Å². The van der Waals surface area contributed by atoms with Gasteiger partial charge in [-0.15, -0.1) is 0 Å². The van der Waals surface area contributed by atoms with Crippen LogP contribution in [0.3, 0.4) is 0 Å². The average Bonchev–Trinajstić information content (AvgIpc) is 2.45. The first kappa shape index (κ1) is 6.34. The van der Waals surface area contributed by atoms with Crippen molar-refractivity contribution < 1.29 is 4.39 Å². The smallest absolute Gasteiger partial charge is 0.126 e. The monoisotopic (exact) mass is 149 g/mol. The Hall–Kier alpha value is -1.38.